The van der Waals surface area contributed by atoms with Crippen LogP contribution in [0.5, 0.6) is 0 Å². The molecule has 4 rings (SSSR count). The van der Waals surface area contributed by atoms with Crippen LogP contribution in [-0.2, 0) is 17.5 Å². The third-order valence-electron chi connectivity index (χ3n) is 5.27. The molecule has 3 heterocycles. The van der Waals surface area contributed by atoms with Crippen molar-refractivity contribution in [3.8, 4) is 11.4 Å². The number of nitrogens with zero attached hydrogens (tertiary/aromatic N) is 5. The van der Waals surface area contributed by atoms with Crippen molar-refractivity contribution in [3.63, 3.8) is 0 Å². The minimum absolute atomic E-state index is 0.146. The van der Waals surface area contributed by atoms with Crippen molar-refractivity contribution in [1.82, 2.24) is 24.8 Å². The van der Waals surface area contributed by atoms with Crippen LogP contribution in [0.25, 0.3) is 11.4 Å². The zero-order valence-electron chi connectivity index (χ0n) is 16.3. The van der Waals surface area contributed by atoms with Crippen molar-refractivity contribution in [2.24, 2.45) is 0 Å². The number of benzene rings is 1. The molecule has 2 aliphatic heterocycles. The first-order valence-corrected chi connectivity index (χ1v) is 9.75. The van der Waals surface area contributed by atoms with Gasteiger partial charge >= 0.3 is 12.3 Å². The highest BCUT2D eigenvalue weighted by Gasteiger charge is 2.31. The lowest BCUT2D eigenvalue weighted by Crippen LogP contribution is -2.48. The van der Waals surface area contributed by atoms with Gasteiger partial charge in [0.1, 0.15) is 6.61 Å². The van der Waals surface area contributed by atoms with Gasteiger partial charge in [0.05, 0.1) is 18.7 Å². The average Bonchev–Trinajstić information content (AvgIpc) is 3.36. The highest BCUT2D eigenvalue weighted by atomic mass is 19.4. The molecule has 2 saturated heterocycles. The summed E-state index contributed by atoms with van der Waals surface area (Å²) in [6.07, 6.45) is -4.67. The topological polar surface area (TPSA) is 74.9 Å². The summed E-state index contributed by atoms with van der Waals surface area (Å²) in [6, 6.07) is 4.88. The molecule has 2 fully saturated rings. The second kappa shape index (κ2) is 8.60. The van der Waals surface area contributed by atoms with Crippen LogP contribution >= 0.6 is 0 Å². The van der Waals surface area contributed by atoms with E-state index in [4.69, 9.17) is 9.26 Å². The molecule has 2 aliphatic rings. The van der Waals surface area contributed by atoms with E-state index in [1.54, 1.807) is 4.90 Å². The number of piperazine rings is 1. The van der Waals surface area contributed by atoms with Crippen molar-refractivity contribution in [1.29, 1.82) is 0 Å². The van der Waals surface area contributed by atoms with Crippen LogP contribution in [0.3, 0.4) is 0 Å². The number of halogens is 3. The maximum Gasteiger partial charge on any atom is 0.416 e. The second-order valence-corrected chi connectivity index (χ2v) is 7.31. The van der Waals surface area contributed by atoms with Crippen LogP contribution in [0.15, 0.2) is 28.8 Å². The molecule has 0 radical (unpaired) electrons. The quantitative estimate of drug-likeness (QED) is 0.703. The van der Waals surface area contributed by atoms with E-state index in [2.05, 4.69) is 19.9 Å². The lowest BCUT2D eigenvalue weighted by atomic mass is 10.1. The summed E-state index contributed by atoms with van der Waals surface area (Å²) in [5.41, 5.74) is -0.477. The fraction of sp³-hybridized carbons (Fsp3) is 0.526. The molecule has 0 spiro atoms. The van der Waals surface area contributed by atoms with E-state index in [1.165, 1.54) is 12.1 Å². The predicted octanol–water partition coefficient (Wildman–Crippen LogP) is 2.33. The SMILES string of the molecule is O=C1OCCN1CCN1CCN(Cc2nc(-c3cccc(C(F)(F)F)c3)no2)CC1. The van der Waals surface area contributed by atoms with Crippen molar-refractivity contribution >= 4 is 6.09 Å². The van der Waals surface area contributed by atoms with Crippen LogP contribution in [0.2, 0.25) is 0 Å². The Morgan fingerprint density at radius 2 is 1.80 bits per heavy atom. The number of cyclic esters (lactones) is 1. The smallest absolute Gasteiger partial charge is 0.416 e. The zero-order valence-corrected chi connectivity index (χ0v) is 16.3. The third-order valence-corrected chi connectivity index (χ3v) is 5.27. The zero-order chi connectivity index (χ0) is 21.1. The molecule has 0 bridgehead atoms. The Hall–Kier alpha value is -2.66. The molecule has 8 nitrogen and oxygen atoms in total. The highest BCUT2D eigenvalue weighted by Crippen LogP contribution is 2.31. The average molecular weight is 425 g/mol. The summed E-state index contributed by atoms with van der Waals surface area (Å²) in [5.74, 6) is 0.517. The number of aromatic nitrogens is 2. The summed E-state index contributed by atoms with van der Waals surface area (Å²) < 4.78 is 48.8. The van der Waals surface area contributed by atoms with Crippen LogP contribution in [0.4, 0.5) is 18.0 Å². The summed E-state index contributed by atoms with van der Waals surface area (Å²) in [6.45, 7) is 6.28. The Balaban J connectivity index is 1.27. The highest BCUT2D eigenvalue weighted by molar-refractivity contribution is 5.69. The second-order valence-electron chi connectivity index (χ2n) is 7.31. The minimum atomic E-state index is -4.42. The molecule has 0 N–H and O–H groups in total. The molecular weight excluding hydrogens is 403 g/mol. The number of amides is 1. The number of hydrogen-bond acceptors (Lipinski definition) is 7. The van der Waals surface area contributed by atoms with Crippen LogP contribution in [0.1, 0.15) is 11.5 Å². The van der Waals surface area contributed by atoms with E-state index in [0.717, 1.165) is 44.9 Å². The summed E-state index contributed by atoms with van der Waals surface area (Å²) >= 11 is 0. The lowest BCUT2D eigenvalue weighted by molar-refractivity contribution is -0.137. The van der Waals surface area contributed by atoms with Crippen LogP contribution in [-0.4, -0.2) is 83.4 Å². The molecule has 0 atom stereocenters. The molecule has 0 unspecified atom stereocenters. The third kappa shape index (κ3) is 4.90. The Labute approximate surface area is 171 Å². The summed E-state index contributed by atoms with van der Waals surface area (Å²) in [4.78, 5) is 21.9. The first-order chi connectivity index (χ1) is 14.4. The van der Waals surface area contributed by atoms with Crippen molar-refractivity contribution in [2.75, 3.05) is 52.4 Å². The first-order valence-electron chi connectivity index (χ1n) is 9.75. The number of rotatable bonds is 6. The van der Waals surface area contributed by atoms with Gasteiger partial charge in [-0.25, -0.2) is 4.79 Å². The van der Waals surface area contributed by atoms with Gasteiger partial charge in [-0.15, -0.1) is 0 Å². The maximum atomic E-state index is 12.9. The van der Waals surface area contributed by atoms with Gasteiger partial charge in [-0.3, -0.25) is 9.80 Å². The molecule has 1 aromatic carbocycles. The number of alkyl halides is 3. The number of hydrogen-bond donors (Lipinski definition) is 0. The van der Waals surface area contributed by atoms with Crippen molar-refractivity contribution in [3.05, 3.63) is 35.7 Å². The molecule has 0 aliphatic carbocycles. The fourth-order valence-electron chi connectivity index (χ4n) is 3.52. The van der Waals surface area contributed by atoms with Crippen molar-refractivity contribution in [2.45, 2.75) is 12.7 Å². The molecule has 30 heavy (non-hydrogen) atoms. The van der Waals surface area contributed by atoms with E-state index >= 15 is 0 Å². The summed E-state index contributed by atoms with van der Waals surface area (Å²) in [5, 5.41) is 3.83. The Kier molecular flexibility index (Phi) is 5.91. The predicted molar refractivity (Wildman–Crippen MR) is 99.4 cm³/mol. The largest absolute Gasteiger partial charge is 0.448 e. The van der Waals surface area contributed by atoms with Crippen molar-refractivity contribution < 1.29 is 27.2 Å². The van der Waals surface area contributed by atoms with Gasteiger partial charge in [-0.1, -0.05) is 17.3 Å². The van der Waals surface area contributed by atoms with E-state index < -0.39 is 11.7 Å². The normalized spacial score (nSPS) is 18.8. The number of ether oxygens (including phenoxy) is 1. The van der Waals surface area contributed by atoms with E-state index in [1.807, 2.05) is 0 Å². The molecule has 1 aromatic heterocycles. The molecule has 2 aromatic rings. The Bertz CT molecular complexity index is 880. The minimum Gasteiger partial charge on any atom is -0.448 e. The molecule has 162 valence electrons. The van der Waals surface area contributed by atoms with Crippen LogP contribution in [0, 0.1) is 0 Å². The van der Waals surface area contributed by atoms with Gasteiger partial charge in [-0.2, -0.15) is 18.2 Å². The van der Waals surface area contributed by atoms with Gasteiger partial charge in [0.15, 0.2) is 0 Å². The number of carbonyl (C=O) groups is 1. The van der Waals surface area contributed by atoms with Crippen LogP contribution < -0.4 is 0 Å². The standard InChI is InChI=1S/C19H22F3N5O3/c20-19(21,22)15-3-1-2-14(12-15)17-23-16(30-24-17)13-26-6-4-25(5-7-26)8-9-27-10-11-29-18(27)28/h1-3,12H,4-11,13H2. The van der Waals surface area contributed by atoms with Gasteiger partial charge in [0, 0.05) is 44.8 Å². The first kappa shape index (κ1) is 20.6. The Morgan fingerprint density at radius 1 is 1.03 bits per heavy atom. The monoisotopic (exact) mass is 425 g/mol. The van der Waals surface area contributed by atoms with Gasteiger partial charge in [0.2, 0.25) is 11.7 Å². The molecule has 0 saturated carbocycles. The van der Waals surface area contributed by atoms with E-state index in [9.17, 15) is 18.0 Å². The van der Waals surface area contributed by atoms with Gasteiger partial charge < -0.3 is 14.2 Å². The number of carbonyl (C=O) groups excluding carboxylic acids is 1. The Morgan fingerprint density at radius 3 is 2.50 bits per heavy atom. The fourth-order valence-corrected chi connectivity index (χ4v) is 3.52. The molecular formula is C19H22F3N5O3. The van der Waals surface area contributed by atoms with E-state index in [0.29, 0.717) is 32.1 Å². The lowest BCUT2D eigenvalue weighted by Gasteiger charge is -2.34. The maximum absolute atomic E-state index is 12.9. The van der Waals surface area contributed by atoms with Gasteiger partial charge in [-0.05, 0) is 12.1 Å². The van der Waals surface area contributed by atoms with Gasteiger partial charge in [0.25, 0.3) is 0 Å². The molecule has 11 heteroatoms. The van der Waals surface area contributed by atoms with E-state index in [-0.39, 0.29) is 17.5 Å². The summed E-state index contributed by atoms with van der Waals surface area (Å²) in [7, 11) is 0. The molecule has 1 amide bonds.